The molecule has 27 heavy (non-hydrogen) atoms. The van der Waals surface area contributed by atoms with Gasteiger partial charge < -0.3 is 14.8 Å². The van der Waals surface area contributed by atoms with Crippen molar-refractivity contribution in [2.24, 2.45) is 0 Å². The van der Waals surface area contributed by atoms with Crippen LogP contribution in [0.1, 0.15) is 31.2 Å². The molecule has 0 bridgehead atoms. The molecule has 0 aliphatic carbocycles. The van der Waals surface area contributed by atoms with E-state index in [9.17, 15) is 14.0 Å². The quantitative estimate of drug-likeness (QED) is 0.772. The fourth-order valence-corrected chi connectivity index (χ4v) is 3.88. The van der Waals surface area contributed by atoms with Gasteiger partial charge in [-0.15, -0.1) is 0 Å². The SMILES string of the molecule is O=C1CCC(Nc2ccc(CN3CCC4(CC3)OCCO4)c(F)c2)C(=O)N1. The highest BCUT2D eigenvalue weighted by molar-refractivity contribution is 6.01. The third-order valence-corrected chi connectivity index (χ3v) is 5.46. The molecule has 1 spiro atoms. The van der Waals surface area contributed by atoms with Gasteiger partial charge in [0, 0.05) is 50.1 Å². The van der Waals surface area contributed by atoms with Gasteiger partial charge in [0.2, 0.25) is 11.8 Å². The van der Waals surface area contributed by atoms with Crippen molar-refractivity contribution in [2.75, 3.05) is 31.6 Å². The number of ether oxygens (including phenoxy) is 2. The Morgan fingerprint density at radius 1 is 1.22 bits per heavy atom. The molecule has 146 valence electrons. The molecule has 0 saturated carbocycles. The molecule has 1 aromatic rings. The van der Waals surface area contributed by atoms with E-state index in [2.05, 4.69) is 15.5 Å². The van der Waals surface area contributed by atoms with E-state index in [-0.39, 0.29) is 24.1 Å². The Bertz CT molecular complexity index is 726. The van der Waals surface area contributed by atoms with Crippen molar-refractivity contribution < 1.29 is 23.5 Å². The van der Waals surface area contributed by atoms with Crippen LogP contribution >= 0.6 is 0 Å². The number of nitrogens with zero attached hydrogens (tertiary/aromatic N) is 1. The van der Waals surface area contributed by atoms with Gasteiger partial charge in [0.25, 0.3) is 0 Å². The number of halogens is 1. The lowest BCUT2D eigenvalue weighted by Crippen LogP contribution is -2.47. The average Bonchev–Trinajstić information content (AvgIpc) is 3.10. The smallest absolute Gasteiger partial charge is 0.249 e. The van der Waals surface area contributed by atoms with Crippen LogP contribution in [0.2, 0.25) is 0 Å². The molecule has 4 rings (SSSR count). The van der Waals surface area contributed by atoms with Gasteiger partial charge in [-0.2, -0.15) is 0 Å². The maximum atomic E-state index is 14.5. The van der Waals surface area contributed by atoms with Gasteiger partial charge in [0.1, 0.15) is 11.9 Å². The minimum Gasteiger partial charge on any atom is -0.374 e. The van der Waals surface area contributed by atoms with Gasteiger partial charge in [-0.25, -0.2) is 4.39 Å². The van der Waals surface area contributed by atoms with E-state index in [1.807, 2.05) is 0 Å². The molecule has 1 unspecified atom stereocenters. The van der Waals surface area contributed by atoms with Gasteiger partial charge in [0.15, 0.2) is 5.79 Å². The third kappa shape index (κ3) is 4.12. The lowest BCUT2D eigenvalue weighted by molar-refractivity contribution is -0.185. The first-order valence-corrected chi connectivity index (χ1v) is 9.42. The van der Waals surface area contributed by atoms with Gasteiger partial charge in [-0.3, -0.25) is 19.8 Å². The number of anilines is 1. The van der Waals surface area contributed by atoms with E-state index in [4.69, 9.17) is 9.47 Å². The monoisotopic (exact) mass is 377 g/mol. The van der Waals surface area contributed by atoms with Gasteiger partial charge in [-0.1, -0.05) is 6.07 Å². The summed E-state index contributed by atoms with van der Waals surface area (Å²) >= 11 is 0. The number of hydrogen-bond donors (Lipinski definition) is 2. The van der Waals surface area contributed by atoms with Crippen LogP contribution in [-0.4, -0.2) is 54.8 Å². The average molecular weight is 377 g/mol. The van der Waals surface area contributed by atoms with Gasteiger partial charge in [-0.05, 0) is 18.6 Å². The summed E-state index contributed by atoms with van der Waals surface area (Å²) in [5, 5.41) is 5.29. The number of piperidine rings is 2. The molecule has 3 fully saturated rings. The number of rotatable bonds is 4. The molecule has 3 aliphatic rings. The molecule has 1 atom stereocenters. The van der Waals surface area contributed by atoms with Crippen LogP contribution in [0.15, 0.2) is 18.2 Å². The number of imide groups is 1. The fraction of sp³-hybridized carbons (Fsp3) is 0.579. The molecule has 3 saturated heterocycles. The van der Waals surface area contributed by atoms with E-state index < -0.39 is 11.8 Å². The molecule has 7 nitrogen and oxygen atoms in total. The second-order valence-corrected chi connectivity index (χ2v) is 7.34. The zero-order valence-corrected chi connectivity index (χ0v) is 15.1. The summed E-state index contributed by atoms with van der Waals surface area (Å²) in [6.45, 7) is 3.43. The number of benzene rings is 1. The van der Waals surface area contributed by atoms with Crippen LogP contribution < -0.4 is 10.6 Å². The Hall–Kier alpha value is -2.03. The Kier molecular flexibility index (Phi) is 5.12. The van der Waals surface area contributed by atoms with E-state index in [0.29, 0.717) is 37.4 Å². The molecule has 2 amide bonds. The van der Waals surface area contributed by atoms with Crippen molar-refractivity contribution >= 4 is 17.5 Å². The van der Waals surface area contributed by atoms with Crippen LogP contribution in [0.3, 0.4) is 0 Å². The molecule has 2 N–H and O–H groups in total. The van der Waals surface area contributed by atoms with Gasteiger partial charge >= 0.3 is 0 Å². The molecule has 3 aliphatic heterocycles. The summed E-state index contributed by atoms with van der Waals surface area (Å²) in [7, 11) is 0. The van der Waals surface area contributed by atoms with Gasteiger partial charge in [0.05, 0.1) is 13.2 Å². The minimum atomic E-state index is -0.516. The lowest BCUT2D eigenvalue weighted by Gasteiger charge is -2.37. The Morgan fingerprint density at radius 3 is 2.63 bits per heavy atom. The predicted octanol–water partition coefficient (Wildman–Crippen LogP) is 1.38. The Balaban J connectivity index is 1.33. The summed E-state index contributed by atoms with van der Waals surface area (Å²) in [5.41, 5.74) is 1.16. The van der Waals surface area contributed by atoms with Crippen molar-refractivity contribution in [2.45, 2.75) is 44.1 Å². The first kappa shape index (κ1) is 18.3. The zero-order chi connectivity index (χ0) is 18.9. The highest BCUT2D eigenvalue weighted by atomic mass is 19.1. The first-order chi connectivity index (χ1) is 13.0. The Labute approximate surface area is 157 Å². The van der Waals surface area contributed by atoms with E-state index in [1.165, 1.54) is 6.07 Å². The van der Waals surface area contributed by atoms with Crippen LogP contribution in [-0.2, 0) is 25.6 Å². The van der Waals surface area contributed by atoms with E-state index in [1.54, 1.807) is 12.1 Å². The highest BCUT2D eigenvalue weighted by Crippen LogP contribution is 2.32. The van der Waals surface area contributed by atoms with E-state index in [0.717, 1.165) is 25.9 Å². The molecule has 0 radical (unpaired) electrons. The summed E-state index contributed by atoms with van der Waals surface area (Å²) < 4.78 is 26.0. The number of nitrogens with one attached hydrogen (secondary N) is 2. The van der Waals surface area contributed by atoms with E-state index >= 15 is 0 Å². The number of carbonyl (C=O) groups is 2. The van der Waals surface area contributed by atoms with Crippen LogP contribution in [0.25, 0.3) is 0 Å². The van der Waals surface area contributed by atoms with Crippen molar-refractivity contribution in [1.82, 2.24) is 10.2 Å². The third-order valence-electron chi connectivity index (χ3n) is 5.46. The summed E-state index contributed by atoms with van der Waals surface area (Å²) in [6, 6.07) is 4.42. The zero-order valence-electron chi connectivity index (χ0n) is 15.1. The van der Waals surface area contributed by atoms with Crippen molar-refractivity contribution in [3.8, 4) is 0 Å². The predicted molar refractivity (Wildman–Crippen MR) is 95.3 cm³/mol. The standard InChI is InChI=1S/C19H24FN3O4/c20-15-11-14(21-16-3-4-17(24)22-18(16)25)2-1-13(15)12-23-7-5-19(6-8-23)26-9-10-27-19/h1-2,11,16,21H,3-10,12H2,(H,22,24,25). The number of hydrogen-bond acceptors (Lipinski definition) is 6. The summed E-state index contributed by atoms with van der Waals surface area (Å²) in [4.78, 5) is 25.2. The molecule has 1 aromatic carbocycles. The first-order valence-electron chi connectivity index (χ1n) is 9.42. The molecular weight excluding hydrogens is 353 g/mol. The minimum absolute atomic E-state index is 0.267. The number of carbonyl (C=O) groups excluding carboxylic acids is 2. The summed E-state index contributed by atoms with van der Waals surface area (Å²) in [5.74, 6) is -1.36. The molecule has 3 heterocycles. The van der Waals surface area contributed by atoms with Crippen LogP contribution in [0, 0.1) is 5.82 Å². The normalized spacial score (nSPS) is 25.6. The molecule has 8 heteroatoms. The lowest BCUT2D eigenvalue weighted by atomic mass is 10.0. The number of amides is 2. The Morgan fingerprint density at radius 2 is 1.96 bits per heavy atom. The van der Waals surface area contributed by atoms with Crippen LogP contribution in [0.5, 0.6) is 0 Å². The van der Waals surface area contributed by atoms with Crippen molar-refractivity contribution in [1.29, 1.82) is 0 Å². The topological polar surface area (TPSA) is 79.9 Å². The largest absolute Gasteiger partial charge is 0.374 e. The second kappa shape index (κ2) is 7.53. The molecule has 0 aromatic heterocycles. The molecular formula is C19H24FN3O4. The maximum absolute atomic E-state index is 14.5. The van der Waals surface area contributed by atoms with Crippen molar-refractivity contribution in [3.05, 3.63) is 29.6 Å². The fourth-order valence-electron chi connectivity index (χ4n) is 3.88. The maximum Gasteiger partial charge on any atom is 0.249 e. The second-order valence-electron chi connectivity index (χ2n) is 7.34. The summed E-state index contributed by atoms with van der Waals surface area (Å²) in [6.07, 6.45) is 2.29. The highest BCUT2D eigenvalue weighted by Gasteiger charge is 2.39. The number of likely N-dealkylation sites (tertiary alicyclic amines) is 1. The van der Waals surface area contributed by atoms with Crippen molar-refractivity contribution in [3.63, 3.8) is 0 Å². The van der Waals surface area contributed by atoms with Crippen LogP contribution in [0.4, 0.5) is 10.1 Å².